The quantitative estimate of drug-likeness (QED) is 0.680. The molecule has 0 radical (unpaired) electrons. The molecule has 0 aliphatic heterocycles. The van der Waals surface area contributed by atoms with Crippen LogP contribution < -0.4 is 5.73 Å². The Morgan fingerprint density at radius 3 is 1.92 bits per heavy atom. The van der Waals surface area contributed by atoms with Gasteiger partial charge in [-0.2, -0.15) is 0 Å². The van der Waals surface area contributed by atoms with Crippen molar-refractivity contribution in [2.45, 2.75) is 39.8 Å². The number of nitrogens with two attached hydrogens (primary N) is 1. The fourth-order valence-electron chi connectivity index (χ4n) is 1.02. The van der Waals surface area contributed by atoms with Gasteiger partial charge in [-0.05, 0) is 26.8 Å². The minimum Gasteiger partial charge on any atom is -0.392 e. The van der Waals surface area contributed by atoms with E-state index in [1.807, 2.05) is 6.92 Å². The van der Waals surface area contributed by atoms with Crippen LogP contribution in [0.1, 0.15) is 27.7 Å². The van der Waals surface area contributed by atoms with Crippen LogP contribution in [0, 0.1) is 5.92 Å². The van der Waals surface area contributed by atoms with Gasteiger partial charge in [0.05, 0.1) is 11.0 Å². The Hall–Kier alpha value is -0.150. The molecule has 0 aliphatic carbocycles. The Kier molecular flexibility index (Phi) is 4.71. The van der Waals surface area contributed by atoms with Crippen molar-refractivity contribution in [1.82, 2.24) is 4.90 Å². The lowest BCUT2D eigenvalue weighted by molar-refractivity contribution is 0.192. The number of likely N-dealkylation sites (N-methyl/N-ethyl adjacent to an activating group) is 1. The summed E-state index contributed by atoms with van der Waals surface area (Å²) in [6.07, 6.45) is 0. The summed E-state index contributed by atoms with van der Waals surface area (Å²) >= 11 is 4.94. The van der Waals surface area contributed by atoms with Crippen LogP contribution in [0.25, 0.3) is 0 Å². The molecule has 2 unspecified atom stereocenters. The third-order valence-electron chi connectivity index (χ3n) is 2.63. The lowest BCUT2D eigenvalue weighted by Crippen LogP contribution is -2.45. The maximum absolute atomic E-state index is 5.56. The van der Waals surface area contributed by atoms with Crippen molar-refractivity contribution in [3.8, 4) is 0 Å². The maximum Gasteiger partial charge on any atom is 0.0899 e. The van der Waals surface area contributed by atoms with Crippen LogP contribution in [-0.2, 0) is 0 Å². The van der Waals surface area contributed by atoms with E-state index in [1.165, 1.54) is 0 Å². The highest BCUT2D eigenvalue weighted by atomic mass is 32.1. The summed E-state index contributed by atoms with van der Waals surface area (Å²) in [6.45, 7) is 8.64. The lowest BCUT2D eigenvalue weighted by Gasteiger charge is -2.32. The van der Waals surface area contributed by atoms with E-state index in [-0.39, 0.29) is 6.04 Å². The predicted molar refractivity (Wildman–Crippen MR) is 58.3 cm³/mol. The number of hydrogen-bond acceptors (Lipinski definition) is 2. The topological polar surface area (TPSA) is 29.3 Å². The van der Waals surface area contributed by atoms with E-state index in [4.69, 9.17) is 18.0 Å². The molecule has 0 saturated carbocycles. The van der Waals surface area contributed by atoms with Gasteiger partial charge in [0.25, 0.3) is 0 Å². The van der Waals surface area contributed by atoms with Gasteiger partial charge in [-0.15, -0.1) is 0 Å². The molecule has 0 aromatic rings. The van der Waals surface area contributed by atoms with E-state index < -0.39 is 0 Å². The zero-order chi connectivity index (χ0) is 9.89. The van der Waals surface area contributed by atoms with Crippen LogP contribution in [0.2, 0.25) is 0 Å². The van der Waals surface area contributed by atoms with Gasteiger partial charge >= 0.3 is 0 Å². The molecule has 3 heteroatoms. The summed E-state index contributed by atoms with van der Waals surface area (Å²) in [7, 11) is 2.06. The highest BCUT2D eigenvalue weighted by Gasteiger charge is 2.19. The van der Waals surface area contributed by atoms with Crippen molar-refractivity contribution in [1.29, 1.82) is 0 Å². The van der Waals surface area contributed by atoms with Crippen LogP contribution in [0.3, 0.4) is 0 Å². The first-order valence-electron chi connectivity index (χ1n) is 4.39. The summed E-state index contributed by atoms with van der Waals surface area (Å²) in [5, 5.41) is 0. The van der Waals surface area contributed by atoms with Gasteiger partial charge in [-0.25, -0.2) is 0 Å². The van der Waals surface area contributed by atoms with Gasteiger partial charge < -0.3 is 5.73 Å². The normalized spacial score (nSPS) is 16.6. The van der Waals surface area contributed by atoms with Gasteiger partial charge in [0.15, 0.2) is 0 Å². The van der Waals surface area contributed by atoms with Crippen molar-refractivity contribution in [3.63, 3.8) is 0 Å². The minimum absolute atomic E-state index is 0.192. The molecule has 0 fully saturated rings. The average Bonchev–Trinajstić information content (AvgIpc) is 2.00. The van der Waals surface area contributed by atoms with E-state index >= 15 is 0 Å². The molecule has 0 spiro atoms. The molecule has 0 saturated heterocycles. The highest BCUT2D eigenvalue weighted by Crippen LogP contribution is 2.11. The average molecular weight is 188 g/mol. The molecule has 0 bridgehead atoms. The largest absolute Gasteiger partial charge is 0.392 e. The van der Waals surface area contributed by atoms with Crippen molar-refractivity contribution < 1.29 is 0 Å². The second kappa shape index (κ2) is 4.77. The second-order valence-corrected chi connectivity index (χ2v) is 4.20. The zero-order valence-electron chi connectivity index (χ0n) is 8.66. The molecule has 0 rings (SSSR count). The summed E-state index contributed by atoms with van der Waals surface area (Å²) in [5.74, 6) is 0.631. The SMILES string of the molecule is CC(C)C(C)N(C)C(C)C(N)=S. The van der Waals surface area contributed by atoms with E-state index in [9.17, 15) is 0 Å². The Labute approximate surface area is 81.1 Å². The number of thiocarbonyl (C=S) groups is 1. The van der Waals surface area contributed by atoms with Crippen molar-refractivity contribution >= 4 is 17.2 Å². The van der Waals surface area contributed by atoms with E-state index in [0.717, 1.165) is 0 Å². The second-order valence-electron chi connectivity index (χ2n) is 3.73. The maximum atomic E-state index is 5.56. The predicted octanol–water partition coefficient (Wildman–Crippen LogP) is 1.64. The Morgan fingerprint density at radius 1 is 1.25 bits per heavy atom. The molecule has 12 heavy (non-hydrogen) atoms. The van der Waals surface area contributed by atoms with Crippen molar-refractivity contribution in [3.05, 3.63) is 0 Å². The summed E-state index contributed by atoms with van der Waals surface area (Å²) in [4.78, 5) is 2.79. The smallest absolute Gasteiger partial charge is 0.0899 e. The standard InChI is InChI=1S/C9H20N2S/c1-6(2)7(3)11(5)8(4)9(10)12/h6-8H,1-5H3,(H2,10,12). The first-order valence-corrected chi connectivity index (χ1v) is 4.80. The van der Waals surface area contributed by atoms with Crippen molar-refractivity contribution in [2.75, 3.05) is 7.05 Å². The fourth-order valence-corrected chi connectivity index (χ4v) is 1.19. The molecule has 0 aromatic heterocycles. The first kappa shape index (κ1) is 11.8. The Balaban J connectivity index is 4.18. The van der Waals surface area contributed by atoms with E-state index in [1.54, 1.807) is 0 Å². The van der Waals surface area contributed by atoms with Gasteiger partial charge in [0.1, 0.15) is 0 Å². The third-order valence-corrected chi connectivity index (χ3v) is 2.97. The van der Waals surface area contributed by atoms with Crippen LogP contribution >= 0.6 is 12.2 Å². The molecule has 2 nitrogen and oxygen atoms in total. The minimum atomic E-state index is 0.192. The number of rotatable bonds is 4. The number of nitrogens with zero attached hydrogens (tertiary/aromatic N) is 1. The van der Waals surface area contributed by atoms with Crippen LogP contribution in [-0.4, -0.2) is 29.0 Å². The summed E-state index contributed by atoms with van der Waals surface area (Å²) < 4.78 is 0. The van der Waals surface area contributed by atoms with E-state index in [2.05, 4.69) is 32.7 Å². The van der Waals surface area contributed by atoms with Crippen molar-refractivity contribution in [2.24, 2.45) is 11.7 Å². The molecule has 0 aromatic carbocycles. The molecule has 0 aliphatic rings. The molecule has 2 atom stereocenters. The fraction of sp³-hybridized carbons (Fsp3) is 0.889. The summed E-state index contributed by atoms with van der Waals surface area (Å²) in [5.41, 5.74) is 5.56. The molecule has 0 heterocycles. The number of hydrogen-bond donors (Lipinski definition) is 1. The third kappa shape index (κ3) is 3.07. The van der Waals surface area contributed by atoms with Gasteiger partial charge in [0.2, 0.25) is 0 Å². The monoisotopic (exact) mass is 188 g/mol. The van der Waals surface area contributed by atoms with Gasteiger partial charge in [-0.1, -0.05) is 26.1 Å². The van der Waals surface area contributed by atoms with Crippen LogP contribution in [0.15, 0.2) is 0 Å². The molecular formula is C9H20N2S. The first-order chi connectivity index (χ1) is 5.37. The van der Waals surface area contributed by atoms with Gasteiger partial charge in [0, 0.05) is 6.04 Å². The van der Waals surface area contributed by atoms with Crippen LogP contribution in [0.5, 0.6) is 0 Å². The molecule has 72 valence electrons. The Morgan fingerprint density at radius 2 is 1.67 bits per heavy atom. The zero-order valence-corrected chi connectivity index (χ0v) is 9.48. The summed E-state index contributed by atoms with van der Waals surface area (Å²) in [6, 6.07) is 0.707. The molecule has 2 N–H and O–H groups in total. The molecule has 0 amide bonds. The lowest BCUT2D eigenvalue weighted by atomic mass is 10.0. The van der Waals surface area contributed by atoms with Gasteiger partial charge in [-0.3, -0.25) is 4.90 Å². The van der Waals surface area contributed by atoms with E-state index in [0.29, 0.717) is 16.9 Å². The highest BCUT2D eigenvalue weighted by molar-refractivity contribution is 7.80. The van der Waals surface area contributed by atoms with Crippen LogP contribution in [0.4, 0.5) is 0 Å². The molecular weight excluding hydrogens is 168 g/mol. The Bertz CT molecular complexity index is 157.